The van der Waals surface area contributed by atoms with Gasteiger partial charge in [0.15, 0.2) is 0 Å². The predicted octanol–water partition coefficient (Wildman–Crippen LogP) is -0.328. The van der Waals surface area contributed by atoms with Crippen LogP contribution in [0.3, 0.4) is 0 Å². The van der Waals surface area contributed by atoms with E-state index in [2.05, 4.69) is 11.2 Å². The van der Waals surface area contributed by atoms with Crippen molar-refractivity contribution in [3.05, 3.63) is 0 Å². The minimum absolute atomic E-state index is 0.193. The fraction of sp³-hybridized carbons (Fsp3) is 0.429. The lowest BCUT2D eigenvalue weighted by atomic mass is 9.98. The minimum atomic E-state index is -0.265. The summed E-state index contributed by atoms with van der Waals surface area (Å²) in [5, 5.41) is 2.17. The number of imide groups is 1. The highest BCUT2D eigenvalue weighted by atomic mass is 16.2. The van der Waals surface area contributed by atoms with Crippen LogP contribution in [0.4, 0.5) is 0 Å². The van der Waals surface area contributed by atoms with Crippen molar-refractivity contribution in [2.45, 2.75) is 12.8 Å². The van der Waals surface area contributed by atoms with E-state index in [1.165, 1.54) is 0 Å². The van der Waals surface area contributed by atoms with Gasteiger partial charge in [0.25, 0.3) is 0 Å². The molecule has 1 aliphatic rings. The molecular weight excluding hydrogens is 130 g/mol. The molecule has 0 radical (unpaired) electrons. The third kappa shape index (κ3) is 1.35. The van der Waals surface area contributed by atoms with Crippen molar-refractivity contribution in [2.75, 3.05) is 0 Å². The minimum Gasteiger partial charge on any atom is -0.296 e. The van der Waals surface area contributed by atoms with Crippen molar-refractivity contribution in [2.24, 2.45) is 5.92 Å². The molecule has 1 fully saturated rings. The number of hydrogen-bond donors (Lipinski definition) is 1. The zero-order chi connectivity index (χ0) is 7.56. The second-order valence-electron chi connectivity index (χ2n) is 2.24. The van der Waals surface area contributed by atoms with E-state index in [1.54, 1.807) is 0 Å². The normalized spacial score (nSPS) is 19.9. The van der Waals surface area contributed by atoms with Crippen LogP contribution in [0.1, 0.15) is 12.8 Å². The number of carbonyl (C=O) groups excluding carboxylic acids is 2. The maximum Gasteiger partial charge on any atom is 0.227 e. The highest BCUT2D eigenvalue weighted by Gasteiger charge is 2.22. The summed E-state index contributed by atoms with van der Waals surface area (Å²) in [6, 6.07) is 0. The molecular formula is C7H7NO2. The zero-order valence-corrected chi connectivity index (χ0v) is 5.39. The second-order valence-corrected chi connectivity index (χ2v) is 2.24. The molecule has 0 aromatic rings. The van der Waals surface area contributed by atoms with Crippen LogP contribution in [0.25, 0.3) is 0 Å². The van der Waals surface area contributed by atoms with Crippen molar-refractivity contribution in [3.8, 4) is 12.3 Å². The Hall–Kier alpha value is -1.30. The Balaban J connectivity index is 2.61. The summed E-state index contributed by atoms with van der Waals surface area (Å²) in [6.45, 7) is 0. The fourth-order valence-electron chi connectivity index (χ4n) is 0.895. The SMILES string of the molecule is C#CC1CC(=O)NC(=O)C1. The summed E-state index contributed by atoms with van der Waals surface area (Å²) in [4.78, 5) is 21.2. The number of piperidine rings is 1. The lowest BCUT2D eigenvalue weighted by Crippen LogP contribution is -2.38. The van der Waals surface area contributed by atoms with Gasteiger partial charge >= 0.3 is 0 Å². The summed E-state index contributed by atoms with van der Waals surface area (Å²) >= 11 is 0. The molecule has 0 atom stereocenters. The van der Waals surface area contributed by atoms with Crippen LogP contribution in [-0.4, -0.2) is 11.8 Å². The van der Waals surface area contributed by atoms with Gasteiger partial charge in [-0.2, -0.15) is 0 Å². The monoisotopic (exact) mass is 137 g/mol. The molecule has 3 nitrogen and oxygen atoms in total. The summed E-state index contributed by atoms with van der Waals surface area (Å²) in [5.74, 6) is 1.66. The van der Waals surface area contributed by atoms with E-state index in [9.17, 15) is 9.59 Å². The maximum absolute atomic E-state index is 10.6. The quantitative estimate of drug-likeness (QED) is 0.367. The first kappa shape index (κ1) is 6.81. The van der Waals surface area contributed by atoms with Crippen molar-refractivity contribution >= 4 is 11.8 Å². The molecule has 0 aromatic carbocycles. The average molecular weight is 137 g/mol. The van der Waals surface area contributed by atoms with E-state index in [-0.39, 0.29) is 30.6 Å². The predicted molar refractivity (Wildman–Crippen MR) is 34.7 cm³/mol. The van der Waals surface area contributed by atoms with Crippen molar-refractivity contribution in [1.29, 1.82) is 0 Å². The number of hydrogen-bond acceptors (Lipinski definition) is 2. The van der Waals surface area contributed by atoms with Gasteiger partial charge in [0.1, 0.15) is 0 Å². The molecule has 1 rings (SSSR count). The second kappa shape index (κ2) is 2.53. The van der Waals surface area contributed by atoms with Crippen LogP contribution in [0.5, 0.6) is 0 Å². The van der Waals surface area contributed by atoms with E-state index in [4.69, 9.17) is 6.42 Å². The Labute approximate surface area is 58.8 Å². The van der Waals surface area contributed by atoms with Gasteiger partial charge in [0.05, 0.1) is 0 Å². The van der Waals surface area contributed by atoms with Crippen LogP contribution < -0.4 is 5.32 Å². The van der Waals surface area contributed by atoms with Gasteiger partial charge in [0.2, 0.25) is 11.8 Å². The van der Waals surface area contributed by atoms with Crippen LogP contribution in [0, 0.1) is 18.3 Å². The standard InChI is InChI=1S/C7H7NO2/c1-2-5-3-6(9)8-7(10)4-5/h1,5H,3-4H2,(H,8,9,10). The molecule has 0 aliphatic carbocycles. The zero-order valence-electron chi connectivity index (χ0n) is 5.39. The smallest absolute Gasteiger partial charge is 0.227 e. The Bertz CT molecular complexity index is 198. The molecule has 3 heteroatoms. The molecule has 10 heavy (non-hydrogen) atoms. The van der Waals surface area contributed by atoms with E-state index in [0.29, 0.717) is 0 Å². The number of nitrogens with one attached hydrogen (secondary N) is 1. The van der Waals surface area contributed by atoms with E-state index >= 15 is 0 Å². The largest absolute Gasteiger partial charge is 0.296 e. The molecule has 0 bridgehead atoms. The van der Waals surface area contributed by atoms with Gasteiger partial charge in [-0.25, -0.2) is 0 Å². The first-order chi connectivity index (χ1) is 4.72. The lowest BCUT2D eigenvalue weighted by molar-refractivity contribution is -0.134. The van der Waals surface area contributed by atoms with Gasteiger partial charge in [-0.3, -0.25) is 14.9 Å². The van der Waals surface area contributed by atoms with Crippen molar-refractivity contribution < 1.29 is 9.59 Å². The first-order valence-corrected chi connectivity index (χ1v) is 3.01. The summed E-state index contributed by atoms with van der Waals surface area (Å²) < 4.78 is 0. The van der Waals surface area contributed by atoms with Gasteiger partial charge in [0, 0.05) is 18.8 Å². The highest BCUT2D eigenvalue weighted by Crippen LogP contribution is 2.10. The number of carbonyl (C=O) groups is 2. The fourth-order valence-corrected chi connectivity index (χ4v) is 0.895. The van der Waals surface area contributed by atoms with Gasteiger partial charge in [-0.05, 0) is 0 Å². The van der Waals surface area contributed by atoms with Crippen LogP contribution in [-0.2, 0) is 9.59 Å². The molecule has 0 unspecified atom stereocenters. The summed E-state index contributed by atoms with van der Waals surface area (Å²) in [6.07, 6.45) is 5.61. The van der Waals surface area contributed by atoms with Gasteiger partial charge in [-0.1, -0.05) is 0 Å². The number of rotatable bonds is 0. The Morgan fingerprint density at radius 2 is 1.90 bits per heavy atom. The molecule has 1 saturated heterocycles. The van der Waals surface area contributed by atoms with Crippen LogP contribution >= 0.6 is 0 Å². The molecule has 0 aromatic heterocycles. The molecule has 2 amide bonds. The Morgan fingerprint density at radius 3 is 2.30 bits per heavy atom. The molecule has 52 valence electrons. The summed E-state index contributed by atoms with van der Waals surface area (Å²) in [7, 11) is 0. The van der Waals surface area contributed by atoms with Gasteiger partial charge in [-0.15, -0.1) is 12.3 Å². The Kier molecular flexibility index (Phi) is 1.72. The van der Waals surface area contributed by atoms with Crippen molar-refractivity contribution in [1.82, 2.24) is 5.32 Å². The van der Waals surface area contributed by atoms with Crippen molar-refractivity contribution in [3.63, 3.8) is 0 Å². The average Bonchev–Trinajstić information content (AvgIpc) is 1.85. The number of terminal acetylenes is 1. The third-order valence-corrected chi connectivity index (χ3v) is 1.38. The molecule has 0 spiro atoms. The van der Waals surface area contributed by atoms with Gasteiger partial charge < -0.3 is 0 Å². The van der Waals surface area contributed by atoms with E-state index in [1.807, 2.05) is 0 Å². The topological polar surface area (TPSA) is 46.2 Å². The molecule has 1 heterocycles. The summed E-state index contributed by atoms with van der Waals surface area (Å²) in [5.41, 5.74) is 0. The maximum atomic E-state index is 10.6. The molecule has 0 saturated carbocycles. The highest BCUT2D eigenvalue weighted by molar-refractivity contribution is 5.98. The number of amides is 2. The lowest BCUT2D eigenvalue weighted by Gasteiger charge is -2.14. The van der Waals surface area contributed by atoms with Crippen LogP contribution in [0.2, 0.25) is 0 Å². The molecule has 1 N–H and O–H groups in total. The first-order valence-electron chi connectivity index (χ1n) is 3.01. The molecule has 1 aliphatic heterocycles. The van der Waals surface area contributed by atoms with E-state index in [0.717, 1.165) is 0 Å². The van der Waals surface area contributed by atoms with Crippen LogP contribution in [0.15, 0.2) is 0 Å². The third-order valence-electron chi connectivity index (χ3n) is 1.38. The Morgan fingerprint density at radius 1 is 1.40 bits per heavy atom. The van der Waals surface area contributed by atoms with E-state index < -0.39 is 0 Å².